The van der Waals surface area contributed by atoms with Crippen molar-refractivity contribution in [3.63, 3.8) is 0 Å². The van der Waals surface area contributed by atoms with Crippen LogP contribution in [-0.2, 0) is 11.2 Å². The van der Waals surface area contributed by atoms with Crippen LogP contribution in [0, 0.1) is 13.8 Å². The largest absolute Gasteiger partial charge is 0.496 e. The van der Waals surface area contributed by atoms with E-state index in [1.807, 2.05) is 50.2 Å². The van der Waals surface area contributed by atoms with Crippen molar-refractivity contribution in [1.29, 1.82) is 0 Å². The fourth-order valence-corrected chi connectivity index (χ4v) is 2.71. The molecule has 2 rings (SSSR count). The summed E-state index contributed by atoms with van der Waals surface area (Å²) in [4.78, 5) is 11.9. The fourth-order valence-electron chi connectivity index (χ4n) is 2.61. The summed E-state index contributed by atoms with van der Waals surface area (Å²) in [6, 6.07) is 11.6. The molecule has 1 N–H and O–H groups in total. The molecule has 1 amide bonds. The number of amides is 1. The molecular weight excluding hydrogens is 338 g/mol. The van der Waals surface area contributed by atoms with Crippen LogP contribution in [0.1, 0.15) is 23.1 Å². The number of rotatable bonds is 8. The Labute approximate surface area is 154 Å². The number of ether oxygens (including phenoxy) is 2. The Morgan fingerprint density at radius 1 is 1.16 bits per heavy atom. The summed E-state index contributed by atoms with van der Waals surface area (Å²) < 4.78 is 10.9. The van der Waals surface area contributed by atoms with Crippen LogP contribution in [0.2, 0.25) is 5.02 Å². The first-order valence-electron chi connectivity index (χ1n) is 8.29. The minimum absolute atomic E-state index is 0.00479. The van der Waals surface area contributed by atoms with E-state index in [1.54, 1.807) is 7.11 Å². The van der Waals surface area contributed by atoms with Gasteiger partial charge >= 0.3 is 0 Å². The summed E-state index contributed by atoms with van der Waals surface area (Å²) in [6.07, 6.45) is 1.69. The molecule has 5 heteroatoms. The van der Waals surface area contributed by atoms with Crippen molar-refractivity contribution in [2.75, 3.05) is 20.3 Å². The molecule has 4 nitrogen and oxygen atoms in total. The first kappa shape index (κ1) is 19.1. The zero-order chi connectivity index (χ0) is 18.2. The Morgan fingerprint density at radius 3 is 2.52 bits per heavy atom. The Bertz CT molecular complexity index is 708. The lowest BCUT2D eigenvalue weighted by Crippen LogP contribution is -2.29. The number of aryl methyl sites for hydroxylation is 3. The molecule has 0 bridgehead atoms. The molecule has 0 spiro atoms. The quantitative estimate of drug-likeness (QED) is 0.720. The highest BCUT2D eigenvalue weighted by molar-refractivity contribution is 6.32. The highest BCUT2D eigenvalue weighted by Gasteiger charge is 2.07. The van der Waals surface area contributed by atoms with Gasteiger partial charge in [0.25, 0.3) is 5.91 Å². The number of benzene rings is 2. The van der Waals surface area contributed by atoms with E-state index in [9.17, 15) is 4.79 Å². The number of para-hydroxylation sites is 1. The van der Waals surface area contributed by atoms with Crippen LogP contribution in [0.3, 0.4) is 0 Å². The number of halogens is 1. The van der Waals surface area contributed by atoms with Gasteiger partial charge in [0.05, 0.1) is 7.11 Å². The van der Waals surface area contributed by atoms with E-state index in [1.165, 1.54) is 0 Å². The number of nitrogens with one attached hydrogen (secondary N) is 1. The minimum atomic E-state index is -0.134. The van der Waals surface area contributed by atoms with Crippen LogP contribution in [0.5, 0.6) is 11.5 Å². The molecule has 0 heterocycles. The predicted octanol–water partition coefficient (Wildman–Crippen LogP) is 4.09. The van der Waals surface area contributed by atoms with E-state index in [4.69, 9.17) is 21.1 Å². The summed E-state index contributed by atoms with van der Waals surface area (Å²) in [6.45, 7) is 4.42. The molecule has 0 aliphatic rings. The normalized spacial score (nSPS) is 10.4. The maximum atomic E-state index is 11.9. The Morgan fingerprint density at radius 2 is 1.84 bits per heavy atom. The Hall–Kier alpha value is -2.20. The van der Waals surface area contributed by atoms with Gasteiger partial charge in [-0.3, -0.25) is 4.79 Å². The first-order chi connectivity index (χ1) is 12.0. The SMILES string of the molecule is COc1ccccc1CCCNC(=O)COc1cc(C)c(Cl)c(C)c1. The molecule has 0 fully saturated rings. The number of methoxy groups -OCH3 is 1. The highest BCUT2D eigenvalue weighted by atomic mass is 35.5. The molecule has 0 aliphatic heterocycles. The summed E-state index contributed by atoms with van der Waals surface area (Å²) >= 11 is 6.13. The van der Waals surface area contributed by atoms with Gasteiger partial charge in [-0.1, -0.05) is 29.8 Å². The van der Waals surface area contributed by atoms with Crippen molar-refractivity contribution in [3.8, 4) is 11.5 Å². The molecule has 0 saturated carbocycles. The van der Waals surface area contributed by atoms with Gasteiger partial charge in [0.2, 0.25) is 0 Å². The summed E-state index contributed by atoms with van der Waals surface area (Å²) in [7, 11) is 1.66. The minimum Gasteiger partial charge on any atom is -0.496 e. The third-order valence-corrected chi connectivity index (χ3v) is 4.51. The summed E-state index contributed by atoms with van der Waals surface area (Å²) in [5, 5.41) is 3.60. The van der Waals surface area contributed by atoms with Gasteiger partial charge in [-0.15, -0.1) is 0 Å². The van der Waals surface area contributed by atoms with E-state index in [0.717, 1.165) is 40.3 Å². The third kappa shape index (κ3) is 5.68. The topological polar surface area (TPSA) is 47.6 Å². The molecule has 25 heavy (non-hydrogen) atoms. The molecule has 0 saturated heterocycles. The zero-order valence-electron chi connectivity index (χ0n) is 14.9. The zero-order valence-corrected chi connectivity index (χ0v) is 15.7. The second-order valence-corrected chi connectivity index (χ2v) is 6.30. The molecular formula is C20H24ClNO3. The molecule has 2 aromatic rings. The monoisotopic (exact) mass is 361 g/mol. The highest BCUT2D eigenvalue weighted by Crippen LogP contribution is 2.25. The maximum Gasteiger partial charge on any atom is 0.257 e. The van der Waals surface area contributed by atoms with Crippen LogP contribution in [-0.4, -0.2) is 26.2 Å². The van der Waals surface area contributed by atoms with Gasteiger partial charge in [-0.25, -0.2) is 0 Å². The average Bonchev–Trinajstić information content (AvgIpc) is 2.61. The van der Waals surface area contributed by atoms with Crippen molar-refractivity contribution in [2.45, 2.75) is 26.7 Å². The predicted molar refractivity (Wildman–Crippen MR) is 101 cm³/mol. The molecule has 2 aromatic carbocycles. The van der Waals surface area contributed by atoms with E-state index in [0.29, 0.717) is 12.3 Å². The van der Waals surface area contributed by atoms with Gasteiger partial charge in [0.15, 0.2) is 6.61 Å². The fraction of sp³-hybridized carbons (Fsp3) is 0.350. The number of carbonyl (C=O) groups excluding carboxylic acids is 1. The van der Waals surface area contributed by atoms with Crippen molar-refractivity contribution in [1.82, 2.24) is 5.32 Å². The van der Waals surface area contributed by atoms with Gasteiger partial charge in [0, 0.05) is 11.6 Å². The van der Waals surface area contributed by atoms with E-state index in [2.05, 4.69) is 5.32 Å². The summed E-state index contributed by atoms with van der Waals surface area (Å²) in [5.41, 5.74) is 3.02. The summed E-state index contributed by atoms with van der Waals surface area (Å²) in [5.74, 6) is 1.40. The van der Waals surface area contributed by atoms with E-state index in [-0.39, 0.29) is 12.5 Å². The lowest BCUT2D eigenvalue weighted by Gasteiger charge is -2.11. The second kappa shape index (κ2) is 9.33. The van der Waals surface area contributed by atoms with Crippen molar-refractivity contribution >= 4 is 17.5 Å². The van der Waals surface area contributed by atoms with Crippen molar-refractivity contribution in [3.05, 3.63) is 58.1 Å². The molecule has 134 valence electrons. The second-order valence-electron chi connectivity index (χ2n) is 5.93. The smallest absolute Gasteiger partial charge is 0.257 e. The van der Waals surface area contributed by atoms with E-state index < -0.39 is 0 Å². The van der Waals surface area contributed by atoms with Crippen LogP contribution < -0.4 is 14.8 Å². The van der Waals surface area contributed by atoms with Crippen LogP contribution in [0.15, 0.2) is 36.4 Å². The van der Waals surface area contributed by atoms with Crippen LogP contribution >= 0.6 is 11.6 Å². The van der Waals surface area contributed by atoms with Crippen molar-refractivity contribution in [2.24, 2.45) is 0 Å². The molecule has 0 unspecified atom stereocenters. The molecule has 0 atom stereocenters. The molecule has 0 aromatic heterocycles. The van der Waals surface area contributed by atoms with Crippen LogP contribution in [0.4, 0.5) is 0 Å². The van der Waals surface area contributed by atoms with Gasteiger partial charge < -0.3 is 14.8 Å². The average molecular weight is 362 g/mol. The number of hydrogen-bond acceptors (Lipinski definition) is 3. The first-order valence-corrected chi connectivity index (χ1v) is 8.67. The third-order valence-electron chi connectivity index (χ3n) is 3.92. The molecule has 0 aliphatic carbocycles. The van der Waals surface area contributed by atoms with Crippen molar-refractivity contribution < 1.29 is 14.3 Å². The maximum absolute atomic E-state index is 11.9. The lowest BCUT2D eigenvalue weighted by molar-refractivity contribution is -0.123. The van der Waals surface area contributed by atoms with E-state index >= 15 is 0 Å². The number of hydrogen-bond donors (Lipinski definition) is 1. The van der Waals surface area contributed by atoms with Gasteiger partial charge in [0.1, 0.15) is 11.5 Å². The Kier molecular flexibility index (Phi) is 7.14. The Balaban J connectivity index is 1.72. The number of carbonyl (C=O) groups is 1. The van der Waals surface area contributed by atoms with Gasteiger partial charge in [-0.05, 0) is 61.6 Å². The lowest BCUT2D eigenvalue weighted by atomic mass is 10.1. The molecule has 0 radical (unpaired) electrons. The standard InChI is InChI=1S/C20H24ClNO3/c1-14-11-17(12-15(2)20(14)21)25-13-19(23)22-10-6-8-16-7-4-5-9-18(16)24-3/h4-5,7,9,11-12H,6,8,10,13H2,1-3H3,(H,22,23). The van der Waals surface area contributed by atoms with Crippen LogP contribution in [0.25, 0.3) is 0 Å². The van der Waals surface area contributed by atoms with Gasteiger partial charge in [-0.2, -0.15) is 0 Å².